The molecule has 0 bridgehead atoms. The van der Waals surface area contributed by atoms with Crippen molar-refractivity contribution < 1.29 is 17.6 Å². The SMILES string of the molecule is Cc1cc(C)c(S(=O)(=O)NC2CCN(C(=O)c3ccccc3F)CC2)c(C)c1. The maximum absolute atomic E-state index is 13.8. The molecular weight excluding hydrogens is 379 g/mol. The van der Waals surface area contributed by atoms with Crippen LogP contribution in [0.1, 0.15) is 39.9 Å². The Hall–Kier alpha value is -2.25. The number of halogens is 1. The summed E-state index contributed by atoms with van der Waals surface area (Å²) >= 11 is 0. The highest BCUT2D eigenvalue weighted by atomic mass is 32.2. The van der Waals surface area contributed by atoms with Gasteiger partial charge in [-0.05, 0) is 56.9 Å². The second-order valence-corrected chi connectivity index (χ2v) is 9.05. The predicted octanol–water partition coefficient (Wildman–Crippen LogP) is 3.33. The fourth-order valence-corrected chi connectivity index (χ4v) is 5.63. The summed E-state index contributed by atoms with van der Waals surface area (Å²) in [4.78, 5) is 14.4. The minimum absolute atomic E-state index is 0.0486. The molecule has 0 atom stereocenters. The van der Waals surface area contributed by atoms with Gasteiger partial charge in [0.1, 0.15) is 5.82 Å². The third-order valence-corrected chi connectivity index (χ3v) is 6.91. The van der Waals surface area contributed by atoms with E-state index in [2.05, 4.69) is 4.72 Å². The molecule has 0 saturated carbocycles. The second kappa shape index (κ2) is 8.01. The minimum atomic E-state index is -3.65. The van der Waals surface area contributed by atoms with Crippen LogP contribution in [0.2, 0.25) is 0 Å². The van der Waals surface area contributed by atoms with Gasteiger partial charge in [-0.25, -0.2) is 17.5 Å². The smallest absolute Gasteiger partial charge is 0.256 e. The van der Waals surface area contributed by atoms with Crippen LogP contribution in [0.25, 0.3) is 0 Å². The van der Waals surface area contributed by atoms with E-state index in [4.69, 9.17) is 0 Å². The molecule has 0 spiro atoms. The minimum Gasteiger partial charge on any atom is -0.338 e. The molecule has 2 aromatic rings. The van der Waals surface area contributed by atoms with E-state index < -0.39 is 15.8 Å². The lowest BCUT2D eigenvalue weighted by atomic mass is 10.0. The van der Waals surface area contributed by atoms with Crippen LogP contribution in [0.15, 0.2) is 41.3 Å². The van der Waals surface area contributed by atoms with Crippen LogP contribution in [0, 0.1) is 26.6 Å². The Morgan fingerprint density at radius 2 is 1.64 bits per heavy atom. The van der Waals surface area contributed by atoms with Crippen molar-refractivity contribution in [3.8, 4) is 0 Å². The van der Waals surface area contributed by atoms with Crippen LogP contribution in [0.4, 0.5) is 4.39 Å². The van der Waals surface area contributed by atoms with Crippen LogP contribution in [-0.2, 0) is 10.0 Å². The molecule has 1 saturated heterocycles. The summed E-state index contributed by atoms with van der Waals surface area (Å²) in [5, 5.41) is 0. The molecule has 0 unspecified atom stereocenters. The van der Waals surface area contributed by atoms with Crippen LogP contribution in [0.3, 0.4) is 0 Å². The quantitative estimate of drug-likeness (QED) is 0.850. The van der Waals surface area contributed by atoms with Crippen LogP contribution in [-0.4, -0.2) is 38.4 Å². The van der Waals surface area contributed by atoms with Gasteiger partial charge in [-0.15, -0.1) is 0 Å². The maximum Gasteiger partial charge on any atom is 0.256 e. The molecule has 5 nitrogen and oxygen atoms in total. The Bertz CT molecular complexity index is 973. The molecule has 1 aliphatic rings. The van der Waals surface area contributed by atoms with Crippen molar-refractivity contribution in [3.63, 3.8) is 0 Å². The fraction of sp³-hybridized carbons (Fsp3) is 0.381. The number of nitrogens with one attached hydrogen (secondary N) is 1. The topological polar surface area (TPSA) is 66.5 Å². The number of amides is 1. The van der Waals surface area contributed by atoms with Gasteiger partial charge >= 0.3 is 0 Å². The number of sulfonamides is 1. The molecule has 7 heteroatoms. The summed E-state index contributed by atoms with van der Waals surface area (Å²) < 4.78 is 42.4. The zero-order chi connectivity index (χ0) is 20.5. The lowest BCUT2D eigenvalue weighted by molar-refractivity contribution is 0.0706. The van der Waals surface area contributed by atoms with Gasteiger partial charge in [0.25, 0.3) is 5.91 Å². The van der Waals surface area contributed by atoms with E-state index in [9.17, 15) is 17.6 Å². The molecule has 1 amide bonds. The number of hydrogen-bond donors (Lipinski definition) is 1. The molecule has 0 aromatic heterocycles. The van der Waals surface area contributed by atoms with E-state index in [-0.39, 0.29) is 17.5 Å². The van der Waals surface area contributed by atoms with Crippen molar-refractivity contribution >= 4 is 15.9 Å². The first-order chi connectivity index (χ1) is 13.2. The molecule has 2 aromatic carbocycles. The first-order valence-electron chi connectivity index (χ1n) is 9.33. The van der Waals surface area contributed by atoms with Gasteiger partial charge in [0.15, 0.2) is 0 Å². The van der Waals surface area contributed by atoms with Crippen molar-refractivity contribution in [2.24, 2.45) is 0 Å². The third-order valence-electron chi connectivity index (χ3n) is 5.08. The molecule has 0 aliphatic carbocycles. The first kappa shape index (κ1) is 20.5. The number of benzene rings is 2. The molecule has 1 fully saturated rings. The average Bonchev–Trinajstić information content (AvgIpc) is 2.60. The molecule has 3 rings (SSSR count). The number of carbonyl (C=O) groups excluding carboxylic acids is 1. The fourth-order valence-electron chi connectivity index (χ4n) is 3.87. The van der Waals surface area contributed by atoms with Gasteiger partial charge in [-0.2, -0.15) is 0 Å². The van der Waals surface area contributed by atoms with Gasteiger partial charge in [0.05, 0.1) is 10.5 Å². The Morgan fingerprint density at radius 1 is 1.07 bits per heavy atom. The Balaban J connectivity index is 1.67. The van der Waals surface area contributed by atoms with E-state index in [1.807, 2.05) is 19.1 Å². The van der Waals surface area contributed by atoms with Gasteiger partial charge in [-0.3, -0.25) is 4.79 Å². The highest BCUT2D eigenvalue weighted by Crippen LogP contribution is 2.23. The highest BCUT2D eigenvalue weighted by molar-refractivity contribution is 7.89. The Labute approximate surface area is 165 Å². The third kappa shape index (κ3) is 4.25. The summed E-state index contributed by atoms with van der Waals surface area (Å²) in [5.41, 5.74) is 2.51. The Kier molecular flexibility index (Phi) is 5.86. The van der Waals surface area contributed by atoms with Gasteiger partial charge in [-0.1, -0.05) is 29.8 Å². The van der Waals surface area contributed by atoms with Crippen molar-refractivity contribution in [1.82, 2.24) is 9.62 Å². The molecule has 1 aliphatic heterocycles. The highest BCUT2D eigenvalue weighted by Gasteiger charge is 2.29. The van der Waals surface area contributed by atoms with E-state index in [0.29, 0.717) is 30.8 Å². The number of aryl methyl sites for hydroxylation is 3. The predicted molar refractivity (Wildman–Crippen MR) is 106 cm³/mol. The van der Waals surface area contributed by atoms with Crippen molar-refractivity contribution in [3.05, 3.63) is 64.5 Å². The number of piperidine rings is 1. The molecule has 150 valence electrons. The zero-order valence-corrected chi connectivity index (χ0v) is 17.1. The van der Waals surface area contributed by atoms with Gasteiger partial charge < -0.3 is 4.90 Å². The van der Waals surface area contributed by atoms with Crippen molar-refractivity contribution in [1.29, 1.82) is 0 Å². The summed E-state index contributed by atoms with van der Waals surface area (Å²) in [7, 11) is -3.65. The van der Waals surface area contributed by atoms with E-state index in [1.54, 1.807) is 30.9 Å². The van der Waals surface area contributed by atoms with Crippen LogP contribution in [0.5, 0.6) is 0 Å². The van der Waals surface area contributed by atoms with Crippen LogP contribution < -0.4 is 4.72 Å². The monoisotopic (exact) mass is 404 g/mol. The van der Waals surface area contributed by atoms with E-state index in [1.165, 1.54) is 12.1 Å². The number of hydrogen-bond acceptors (Lipinski definition) is 3. The number of likely N-dealkylation sites (tertiary alicyclic amines) is 1. The first-order valence-corrected chi connectivity index (χ1v) is 10.8. The molecule has 1 N–H and O–H groups in total. The summed E-state index contributed by atoms with van der Waals surface area (Å²) in [5.74, 6) is -0.898. The van der Waals surface area contributed by atoms with Gasteiger partial charge in [0, 0.05) is 19.1 Å². The molecular formula is C21H25FN2O3S. The molecule has 28 heavy (non-hydrogen) atoms. The zero-order valence-electron chi connectivity index (χ0n) is 16.3. The largest absolute Gasteiger partial charge is 0.338 e. The van der Waals surface area contributed by atoms with Crippen molar-refractivity contribution in [2.75, 3.05) is 13.1 Å². The Morgan fingerprint density at radius 3 is 2.21 bits per heavy atom. The summed E-state index contributed by atoms with van der Waals surface area (Å²) in [6.07, 6.45) is 0.979. The average molecular weight is 405 g/mol. The lowest BCUT2D eigenvalue weighted by Gasteiger charge is -2.32. The number of carbonyl (C=O) groups is 1. The maximum atomic E-state index is 13.8. The lowest BCUT2D eigenvalue weighted by Crippen LogP contribution is -2.46. The molecule has 1 heterocycles. The summed E-state index contributed by atoms with van der Waals surface area (Å²) in [6.45, 7) is 6.29. The van der Waals surface area contributed by atoms with E-state index >= 15 is 0 Å². The number of rotatable bonds is 4. The van der Waals surface area contributed by atoms with Crippen molar-refractivity contribution in [2.45, 2.75) is 44.6 Å². The second-order valence-electron chi connectivity index (χ2n) is 7.40. The van der Waals surface area contributed by atoms with Crippen LogP contribution >= 0.6 is 0 Å². The summed E-state index contributed by atoms with van der Waals surface area (Å²) in [6, 6.07) is 9.37. The number of nitrogens with zero attached hydrogens (tertiary/aromatic N) is 1. The standard InChI is InChI=1S/C21H25FN2O3S/c1-14-12-15(2)20(16(3)13-14)28(26,27)23-17-8-10-24(11-9-17)21(25)18-6-4-5-7-19(18)22/h4-7,12-13,17,23H,8-11H2,1-3H3. The molecule has 0 radical (unpaired) electrons. The normalized spacial score (nSPS) is 15.6. The van der Waals surface area contributed by atoms with E-state index in [0.717, 1.165) is 16.7 Å². The van der Waals surface area contributed by atoms with Gasteiger partial charge in [0.2, 0.25) is 10.0 Å².